The van der Waals surface area contributed by atoms with Gasteiger partial charge in [0.25, 0.3) is 0 Å². The Bertz CT molecular complexity index is 588. The van der Waals surface area contributed by atoms with E-state index < -0.39 is 0 Å². The molecule has 3 rings (SSSR count). The predicted octanol–water partition coefficient (Wildman–Crippen LogP) is 5.25. The Morgan fingerprint density at radius 3 is 2.74 bits per heavy atom. The van der Waals surface area contributed by atoms with Crippen LogP contribution < -0.4 is 5.32 Å². The number of benzene rings is 2. The van der Waals surface area contributed by atoms with E-state index in [9.17, 15) is 0 Å². The molecule has 1 N–H and O–H groups in total. The van der Waals surface area contributed by atoms with Crippen LogP contribution in [0.4, 0.5) is 5.69 Å². The van der Waals surface area contributed by atoms with Crippen LogP contribution in [0.3, 0.4) is 0 Å². The first-order chi connectivity index (χ1) is 9.22. The van der Waals surface area contributed by atoms with E-state index in [1.807, 2.05) is 0 Å². The molecule has 0 saturated heterocycles. The number of hydrogen-bond donors (Lipinski definition) is 1. The molecular weight excluding hydrogens is 298 g/mol. The highest BCUT2D eigenvalue weighted by atomic mass is 79.9. The lowest BCUT2D eigenvalue weighted by molar-refractivity contribution is 1.08. The SMILES string of the molecule is Cc1cc(NCc2cccc(C3CC3)c2)ccc1Br. The predicted molar refractivity (Wildman–Crippen MR) is 84.6 cm³/mol. The van der Waals surface area contributed by atoms with Crippen molar-refractivity contribution in [2.45, 2.75) is 32.2 Å². The standard InChI is InChI=1S/C17H18BrN/c1-12-9-16(7-8-17(12)18)19-11-13-3-2-4-15(10-13)14-5-6-14/h2-4,7-10,14,19H,5-6,11H2,1H3. The largest absolute Gasteiger partial charge is 0.381 e. The third-order valence-electron chi connectivity index (χ3n) is 3.65. The molecule has 0 unspecified atom stereocenters. The van der Waals surface area contributed by atoms with Crippen molar-refractivity contribution in [3.05, 3.63) is 63.6 Å². The van der Waals surface area contributed by atoms with Gasteiger partial charge in [-0.1, -0.05) is 40.2 Å². The second-order valence-electron chi connectivity index (χ2n) is 5.34. The molecule has 2 aromatic rings. The summed E-state index contributed by atoms with van der Waals surface area (Å²) in [5.74, 6) is 0.829. The minimum Gasteiger partial charge on any atom is -0.381 e. The molecule has 0 atom stereocenters. The fraction of sp³-hybridized carbons (Fsp3) is 0.294. The molecule has 0 amide bonds. The van der Waals surface area contributed by atoms with E-state index in [4.69, 9.17) is 0 Å². The molecule has 2 heteroatoms. The van der Waals surface area contributed by atoms with Crippen LogP contribution in [-0.4, -0.2) is 0 Å². The molecule has 0 radical (unpaired) electrons. The third-order valence-corrected chi connectivity index (χ3v) is 4.54. The maximum absolute atomic E-state index is 3.53. The zero-order valence-electron chi connectivity index (χ0n) is 11.1. The Morgan fingerprint density at radius 2 is 2.00 bits per heavy atom. The first-order valence-corrected chi connectivity index (χ1v) is 7.60. The summed E-state index contributed by atoms with van der Waals surface area (Å²) >= 11 is 3.53. The van der Waals surface area contributed by atoms with Crippen molar-refractivity contribution in [1.29, 1.82) is 0 Å². The van der Waals surface area contributed by atoms with Crippen molar-refractivity contribution < 1.29 is 0 Å². The van der Waals surface area contributed by atoms with Gasteiger partial charge in [0.15, 0.2) is 0 Å². The lowest BCUT2D eigenvalue weighted by Crippen LogP contribution is -2.00. The molecule has 0 bridgehead atoms. The van der Waals surface area contributed by atoms with E-state index in [1.54, 1.807) is 0 Å². The van der Waals surface area contributed by atoms with E-state index in [1.165, 1.54) is 35.2 Å². The summed E-state index contributed by atoms with van der Waals surface area (Å²) in [6.07, 6.45) is 2.73. The number of nitrogens with one attached hydrogen (secondary N) is 1. The lowest BCUT2D eigenvalue weighted by Gasteiger charge is -2.09. The van der Waals surface area contributed by atoms with Crippen molar-refractivity contribution >= 4 is 21.6 Å². The van der Waals surface area contributed by atoms with E-state index in [2.05, 4.69) is 70.6 Å². The summed E-state index contributed by atoms with van der Waals surface area (Å²) in [7, 11) is 0. The molecule has 1 nitrogen and oxygen atoms in total. The van der Waals surface area contributed by atoms with Crippen LogP contribution in [0.1, 0.15) is 35.4 Å². The maximum atomic E-state index is 3.53. The summed E-state index contributed by atoms with van der Waals surface area (Å²) in [4.78, 5) is 0. The molecular formula is C17H18BrN. The van der Waals surface area contributed by atoms with Gasteiger partial charge in [-0.05, 0) is 60.6 Å². The fourth-order valence-corrected chi connectivity index (χ4v) is 2.58. The fourth-order valence-electron chi connectivity index (χ4n) is 2.33. The van der Waals surface area contributed by atoms with Gasteiger partial charge in [-0.3, -0.25) is 0 Å². The van der Waals surface area contributed by atoms with Gasteiger partial charge in [0.2, 0.25) is 0 Å². The van der Waals surface area contributed by atoms with E-state index in [-0.39, 0.29) is 0 Å². The minimum atomic E-state index is 0.829. The van der Waals surface area contributed by atoms with Crippen LogP contribution in [0.5, 0.6) is 0 Å². The molecule has 0 spiro atoms. The zero-order chi connectivity index (χ0) is 13.2. The van der Waals surface area contributed by atoms with Gasteiger partial charge >= 0.3 is 0 Å². The third kappa shape index (κ3) is 3.19. The first kappa shape index (κ1) is 12.7. The monoisotopic (exact) mass is 315 g/mol. The highest BCUT2D eigenvalue weighted by Gasteiger charge is 2.23. The number of hydrogen-bond acceptors (Lipinski definition) is 1. The Kier molecular flexibility index (Phi) is 3.61. The number of aryl methyl sites for hydroxylation is 1. The van der Waals surface area contributed by atoms with Gasteiger partial charge in [-0.2, -0.15) is 0 Å². The molecule has 1 fully saturated rings. The highest BCUT2D eigenvalue weighted by Crippen LogP contribution is 2.40. The summed E-state index contributed by atoms with van der Waals surface area (Å²) in [5.41, 5.74) is 5.31. The summed E-state index contributed by atoms with van der Waals surface area (Å²) in [6.45, 7) is 3.00. The molecule has 1 aliphatic carbocycles. The van der Waals surface area contributed by atoms with E-state index in [0.29, 0.717) is 0 Å². The average molecular weight is 316 g/mol. The van der Waals surface area contributed by atoms with Gasteiger partial charge in [0.1, 0.15) is 0 Å². The van der Waals surface area contributed by atoms with Crippen LogP contribution in [-0.2, 0) is 6.54 Å². The molecule has 19 heavy (non-hydrogen) atoms. The minimum absolute atomic E-state index is 0.829. The van der Waals surface area contributed by atoms with Crippen LogP contribution in [0.15, 0.2) is 46.9 Å². The molecule has 98 valence electrons. The van der Waals surface area contributed by atoms with Crippen molar-refractivity contribution in [2.75, 3.05) is 5.32 Å². The zero-order valence-corrected chi connectivity index (χ0v) is 12.7. The average Bonchev–Trinajstić information content (AvgIpc) is 3.25. The molecule has 0 aliphatic heterocycles. The Balaban J connectivity index is 1.68. The summed E-state index contributed by atoms with van der Waals surface area (Å²) in [6, 6.07) is 15.4. The maximum Gasteiger partial charge on any atom is 0.0400 e. The molecule has 0 heterocycles. The van der Waals surface area contributed by atoms with Gasteiger partial charge < -0.3 is 5.32 Å². The second-order valence-corrected chi connectivity index (χ2v) is 6.19. The Hall–Kier alpha value is -1.28. The first-order valence-electron chi connectivity index (χ1n) is 6.81. The molecule has 1 saturated carbocycles. The summed E-state index contributed by atoms with van der Waals surface area (Å²) < 4.78 is 1.16. The number of rotatable bonds is 4. The molecule has 0 aromatic heterocycles. The lowest BCUT2D eigenvalue weighted by atomic mass is 10.1. The van der Waals surface area contributed by atoms with Crippen LogP contribution in [0, 0.1) is 6.92 Å². The number of halogens is 1. The van der Waals surface area contributed by atoms with Crippen LogP contribution in [0.25, 0.3) is 0 Å². The summed E-state index contributed by atoms with van der Waals surface area (Å²) in [5, 5.41) is 3.49. The van der Waals surface area contributed by atoms with Crippen molar-refractivity contribution in [2.24, 2.45) is 0 Å². The normalized spacial score (nSPS) is 14.4. The quantitative estimate of drug-likeness (QED) is 0.812. The van der Waals surface area contributed by atoms with Gasteiger partial charge in [0.05, 0.1) is 0 Å². The molecule has 2 aromatic carbocycles. The highest BCUT2D eigenvalue weighted by molar-refractivity contribution is 9.10. The number of anilines is 1. The van der Waals surface area contributed by atoms with Crippen molar-refractivity contribution in [1.82, 2.24) is 0 Å². The van der Waals surface area contributed by atoms with Crippen molar-refractivity contribution in [3.8, 4) is 0 Å². The van der Waals surface area contributed by atoms with Gasteiger partial charge in [-0.25, -0.2) is 0 Å². The molecule has 1 aliphatic rings. The van der Waals surface area contributed by atoms with Crippen LogP contribution in [0.2, 0.25) is 0 Å². The van der Waals surface area contributed by atoms with Crippen molar-refractivity contribution in [3.63, 3.8) is 0 Å². The topological polar surface area (TPSA) is 12.0 Å². The van der Waals surface area contributed by atoms with Crippen LogP contribution >= 0.6 is 15.9 Å². The van der Waals surface area contributed by atoms with E-state index in [0.717, 1.165) is 16.9 Å². The van der Waals surface area contributed by atoms with E-state index >= 15 is 0 Å². The second kappa shape index (κ2) is 5.38. The smallest absolute Gasteiger partial charge is 0.0400 e. The Labute approximate surface area is 123 Å². The van der Waals surface area contributed by atoms with Gasteiger partial charge in [-0.15, -0.1) is 0 Å². The van der Waals surface area contributed by atoms with Gasteiger partial charge in [0, 0.05) is 16.7 Å². The Morgan fingerprint density at radius 1 is 1.16 bits per heavy atom.